The van der Waals surface area contributed by atoms with Crippen molar-refractivity contribution in [1.82, 2.24) is 14.8 Å². The first-order valence-electron chi connectivity index (χ1n) is 6.89. The molecule has 19 heavy (non-hydrogen) atoms. The van der Waals surface area contributed by atoms with Crippen LogP contribution in [0.15, 0.2) is 18.2 Å². The Morgan fingerprint density at radius 3 is 2.95 bits per heavy atom. The Balaban J connectivity index is 2.07. The maximum Gasteiger partial charge on any atom is 0.164 e. The average Bonchev–Trinajstić information content (AvgIpc) is 2.84. The summed E-state index contributed by atoms with van der Waals surface area (Å²) in [6.45, 7) is 5.92. The van der Waals surface area contributed by atoms with Crippen molar-refractivity contribution < 1.29 is 0 Å². The van der Waals surface area contributed by atoms with Gasteiger partial charge in [-0.25, -0.2) is 0 Å². The molecule has 3 rings (SSSR count). The summed E-state index contributed by atoms with van der Waals surface area (Å²) in [6, 6.07) is 6.48. The van der Waals surface area contributed by atoms with Gasteiger partial charge in [-0.1, -0.05) is 17.7 Å². The molecular formula is C15H20N4. The Kier molecular flexibility index (Phi) is 3.11. The van der Waals surface area contributed by atoms with Gasteiger partial charge in [0.05, 0.1) is 0 Å². The van der Waals surface area contributed by atoms with E-state index in [0.29, 0.717) is 5.92 Å². The summed E-state index contributed by atoms with van der Waals surface area (Å²) < 4.78 is 2.25. The first-order chi connectivity index (χ1) is 9.19. The van der Waals surface area contributed by atoms with Crippen molar-refractivity contribution in [3.63, 3.8) is 0 Å². The van der Waals surface area contributed by atoms with E-state index < -0.39 is 0 Å². The predicted octanol–water partition coefficient (Wildman–Crippen LogP) is 2.08. The highest BCUT2D eigenvalue weighted by Crippen LogP contribution is 2.27. The summed E-state index contributed by atoms with van der Waals surface area (Å²) in [6.07, 6.45) is 2.11. The van der Waals surface area contributed by atoms with Crippen molar-refractivity contribution >= 4 is 0 Å². The summed E-state index contributed by atoms with van der Waals surface area (Å²) in [5, 5.41) is 8.76. The van der Waals surface area contributed by atoms with Gasteiger partial charge >= 0.3 is 0 Å². The molecule has 1 aromatic carbocycles. The molecule has 2 N–H and O–H groups in total. The molecular weight excluding hydrogens is 236 g/mol. The fraction of sp³-hybridized carbons (Fsp3) is 0.467. The van der Waals surface area contributed by atoms with Crippen LogP contribution >= 0.6 is 0 Å². The molecule has 0 fully saturated rings. The number of rotatable bonds is 2. The van der Waals surface area contributed by atoms with Gasteiger partial charge in [-0.2, -0.15) is 0 Å². The molecule has 1 aromatic heterocycles. The van der Waals surface area contributed by atoms with Crippen LogP contribution < -0.4 is 5.73 Å². The number of hydrogen-bond donors (Lipinski definition) is 1. The minimum Gasteiger partial charge on any atom is -0.330 e. The monoisotopic (exact) mass is 256 g/mol. The summed E-state index contributed by atoms with van der Waals surface area (Å²) >= 11 is 0. The van der Waals surface area contributed by atoms with Gasteiger partial charge in [0, 0.05) is 18.5 Å². The van der Waals surface area contributed by atoms with Gasteiger partial charge < -0.3 is 10.3 Å². The first-order valence-corrected chi connectivity index (χ1v) is 6.89. The minimum atomic E-state index is 0.548. The van der Waals surface area contributed by atoms with Crippen molar-refractivity contribution in [1.29, 1.82) is 0 Å². The van der Waals surface area contributed by atoms with Crippen LogP contribution in [0.1, 0.15) is 23.4 Å². The van der Waals surface area contributed by atoms with E-state index in [-0.39, 0.29) is 0 Å². The Bertz CT molecular complexity index is 600. The van der Waals surface area contributed by atoms with Crippen molar-refractivity contribution in [2.24, 2.45) is 11.7 Å². The third-order valence-electron chi connectivity index (χ3n) is 4.01. The number of aromatic nitrogens is 3. The molecule has 0 spiro atoms. The third kappa shape index (κ3) is 2.16. The zero-order chi connectivity index (χ0) is 13.4. The zero-order valence-corrected chi connectivity index (χ0v) is 11.6. The van der Waals surface area contributed by atoms with E-state index in [1.807, 2.05) is 0 Å². The second kappa shape index (κ2) is 4.78. The number of hydrogen-bond acceptors (Lipinski definition) is 3. The van der Waals surface area contributed by atoms with E-state index in [1.165, 1.54) is 16.7 Å². The number of fused-ring (bicyclic) bond motifs is 1. The summed E-state index contributed by atoms with van der Waals surface area (Å²) in [4.78, 5) is 0. The lowest BCUT2D eigenvalue weighted by atomic mass is 9.98. The summed E-state index contributed by atoms with van der Waals surface area (Å²) in [5.41, 5.74) is 9.51. The maximum absolute atomic E-state index is 5.82. The lowest BCUT2D eigenvalue weighted by molar-refractivity contribution is 0.375. The summed E-state index contributed by atoms with van der Waals surface area (Å²) in [5.74, 6) is 2.64. The molecule has 100 valence electrons. The van der Waals surface area contributed by atoms with Gasteiger partial charge in [0.2, 0.25) is 0 Å². The Labute approximate surface area is 113 Å². The molecule has 0 radical (unpaired) electrons. The number of benzene rings is 1. The lowest BCUT2D eigenvalue weighted by Crippen LogP contribution is -2.26. The second-order valence-electron chi connectivity index (χ2n) is 5.51. The molecule has 0 aliphatic carbocycles. The van der Waals surface area contributed by atoms with Gasteiger partial charge in [-0.3, -0.25) is 0 Å². The van der Waals surface area contributed by atoms with Gasteiger partial charge in [-0.05, 0) is 44.4 Å². The molecule has 2 aromatic rings. The molecule has 0 saturated carbocycles. The molecule has 2 heterocycles. The van der Waals surface area contributed by atoms with Crippen LogP contribution in [0.4, 0.5) is 0 Å². The van der Waals surface area contributed by atoms with E-state index in [4.69, 9.17) is 5.73 Å². The fourth-order valence-corrected chi connectivity index (χ4v) is 2.76. The van der Waals surface area contributed by atoms with Crippen LogP contribution in [0.3, 0.4) is 0 Å². The van der Waals surface area contributed by atoms with E-state index in [0.717, 1.165) is 37.6 Å². The smallest absolute Gasteiger partial charge is 0.164 e. The molecule has 4 heteroatoms. The van der Waals surface area contributed by atoms with Gasteiger partial charge in [0.1, 0.15) is 5.82 Å². The largest absolute Gasteiger partial charge is 0.330 e. The molecule has 1 aliphatic rings. The molecule has 0 amide bonds. The molecule has 1 atom stereocenters. The number of nitrogens with zero attached hydrogens (tertiary/aromatic N) is 3. The van der Waals surface area contributed by atoms with Crippen LogP contribution in [0.5, 0.6) is 0 Å². The lowest BCUT2D eigenvalue weighted by Gasteiger charge is -2.23. The van der Waals surface area contributed by atoms with E-state index in [2.05, 4.69) is 46.8 Å². The van der Waals surface area contributed by atoms with Crippen LogP contribution in [-0.4, -0.2) is 21.3 Å². The molecule has 0 saturated heterocycles. The van der Waals surface area contributed by atoms with Crippen molar-refractivity contribution in [2.45, 2.75) is 33.2 Å². The topological polar surface area (TPSA) is 56.7 Å². The van der Waals surface area contributed by atoms with Crippen LogP contribution in [0.2, 0.25) is 0 Å². The van der Waals surface area contributed by atoms with E-state index in [1.54, 1.807) is 0 Å². The Hall–Kier alpha value is -1.68. The molecule has 0 bridgehead atoms. The average molecular weight is 256 g/mol. The molecule has 1 aliphatic heterocycles. The van der Waals surface area contributed by atoms with E-state index in [9.17, 15) is 0 Å². The SMILES string of the molecule is Cc1ccc(C)c(-c2nnc3n2CC(CN)CC3)c1. The van der Waals surface area contributed by atoms with Crippen LogP contribution in [0, 0.1) is 19.8 Å². The van der Waals surface area contributed by atoms with Crippen molar-refractivity contribution in [3.05, 3.63) is 35.2 Å². The molecule has 4 nitrogen and oxygen atoms in total. The van der Waals surface area contributed by atoms with Gasteiger partial charge in [0.15, 0.2) is 5.82 Å². The minimum absolute atomic E-state index is 0.548. The number of aryl methyl sites for hydroxylation is 3. The highest BCUT2D eigenvalue weighted by molar-refractivity contribution is 5.61. The third-order valence-corrected chi connectivity index (χ3v) is 4.01. The highest BCUT2D eigenvalue weighted by atomic mass is 15.3. The van der Waals surface area contributed by atoms with Crippen LogP contribution in [-0.2, 0) is 13.0 Å². The van der Waals surface area contributed by atoms with Gasteiger partial charge in [-0.15, -0.1) is 10.2 Å². The Morgan fingerprint density at radius 2 is 2.16 bits per heavy atom. The highest BCUT2D eigenvalue weighted by Gasteiger charge is 2.23. The summed E-state index contributed by atoms with van der Waals surface area (Å²) in [7, 11) is 0. The quantitative estimate of drug-likeness (QED) is 0.895. The van der Waals surface area contributed by atoms with Gasteiger partial charge in [0.25, 0.3) is 0 Å². The van der Waals surface area contributed by atoms with Crippen LogP contribution in [0.25, 0.3) is 11.4 Å². The maximum atomic E-state index is 5.82. The second-order valence-corrected chi connectivity index (χ2v) is 5.51. The normalized spacial score (nSPS) is 18.4. The standard InChI is InChI=1S/C15H20N4/c1-10-3-4-11(2)13(7-10)15-18-17-14-6-5-12(8-16)9-19(14)15/h3-4,7,12H,5-6,8-9,16H2,1-2H3. The van der Waals surface area contributed by atoms with Crippen molar-refractivity contribution in [2.75, 3.05) is 6.54 Å². The zero-order valence-electron chi connectivity index (χ0n) is 11.6. The predicted molar refractivity (Wildman–Crippen MR) is 75.8 cm³/mol. The first kappa shape index (κ1) is 12.4. The van der Waals surface area contributed by atoms with E-state index >= 15 is 0 Å². The van der Waals surface area contributed by atoms with Crippen molar-refractivity contribution in [3.8, 4) is 11.4 Å². The Morgan fingerprint density at radius 1 is 1.32 bits per heavy atom. The fourth-order valence-electron chi connectivity index (χ4n) is 2.76. The number of nitrogens with two attached hydrogens (primary N) is 1. The molecule has 1 unspecified atom stereocenters.